The van der Waals surface area contributed by atoms with E-state index in [9.17, 15) is 9.59 Å². The fraction of sp³-hybridized carbons (Fsp3) is 0.333. The van der Waals surface area contributed by atoms with Crippen molar-refractivity contribution >= 4 is 45.3 Å². The number of likely N-dealkylation sites (tertiary alicyclic amines) is 1. The second kappa shape index (κ2) is 14.8. The van der Waals surface area contributed by atoms with Crippen molar-refractivity contribution in [2.24, 2.45) is 0 Å². The molecule has 7 rings (SSSR count). The Morgan fingerprint density at radius 1 is 1.04 bits per heavy atom. The quantitative estimate of drug-likeness (QED) is 0.179. The van der Waals surface area contributed by atoms with Crippen LogP contribution in [0.4, 0.5) is 5.69 Å². The molecule has 2 aromatic carbocycles. The first kappa shape index (κ1) is 33.5. The molecular formula is C36H38N8O5S. The largest absolute Gasteiger partial charge is 0.491 e. The summed E-state index contributed by atoms with van der Waals surface area (Å²) in [6.45, 7) is 3.21. The molecule has 2 aliphatic rings. The van der Waals surface area contributed by atoms with Crippen LogP contribution >= 0.6 is 11.3 Å². The lowest BCUT2D eigenvalue weighted by atomic mass is 10.0. The number of anilines is 1. The maximum atomic E-state index is 13.7. The average Bonchev–Trinajstić information content (AvgIpc) is 3.92. The zero-order chi connectivity index (χ0) is 34.5. The number of carbonyl (C=O) groups is 2. The highest BCUT2D eigenvalue weighted by Gasteiger charge is 2.45. The van der Waals surface area contributed by atoms with Crippen LogP contribution in [0.1, 0.15) is 17.8 Å². The van der Waals surface area contributed by atoms with E-state index in [4.69, 9.17) is 14.2 Å². The van der Waals surface area contributed by atoms with E-state index >= 15 is 0 Å². The van der Waals surface area contributed by atoms with Gasteiger partial charge >= 0.3 is 0 Å². The Morgan fingerprint density at radius 2 is 1.88 bits per heavy atom. The standard InChI is InChI=1S/C36H38N8O5S/c1-47-18-19-49-27-7-4-24(5-8-27)32-28-20-26(6-9-29(28)41-42-32)40-35(46)36(48-2)12-17-43(23-36)22-31(45)44-15-10-25(11-16-44)34-39-21-30(50-34)33-37-13-3-14-38-33/h3-10,13-14,20-21H,11-12,15-19,22-23H2,1-2H3,(H,40,46)(H,41,42). The van der Waals surface area contributed by atoms with Crippen LogP contribution in [0, 0.1) is 0 Å². The number of carbonyl (C=O) groups excluding carboxylic acids is 2. The van der Waals surface area contributed by atoms with E-state index in [0.29, 0.717) is 57.3 Å². The lowest BCUT2D eigenvalue weighted by Crippen LogP contribution is -2.48. The zero-order valence-corrected chi connectivity index (χ0v) is 28.7. The second-order valence-electron chi connectivity index (χ2n) is 12.2. The Balaban J connectivity index is 0.953. The molecule has 2 amide bonds. The highest BCUT2D eigenvalue weighted by atomic mass is 32.1. The third-order valence-electron chi connectivity index (χ3n) is 9.11. The minimum Gasteiger partial charge on any atom is -0.491 e. The van der Waals surface area contributed by atoms with Gasteiger partial charge in [0, 0.05) is 75.6 Å². The summed E-state index contributed by atoms with van der Waals surface area (Å²) in [4.78, 5) is 45.0. The maximum absolute atomic E-state index is 13.7. The van der Waals surface area contributed by atoms with Crippen LogP contribution in [0.3, 0.4) is 0 Å². The molecule has 0 radical (unpaired) electrons. The van der Waals surface area contributed by atoms with Crippen LogP contribution in [0.25, 0.3) is 38.4 Å². The monoisotopic (exact) mass is 694 g/mol. The lowest BCUT2D eigenvalue weighted by molar-refractivity contribution is -0.138. The first-order valence-corrected chi connectivity index (χ1v) is 17.3. The van der Waals surface area contributed by atoms with Gasteiger partial charge in [-0.05, 0) is 66.9 Å². The summed E-state index contributed by atoms with van der Waals surface area (Å²) in [5.74, 6) is 1.19. The van der Waals surface area contributed by atoms with Crippen molar-refractivity contribution in [2.75, 3.05) is 65.5 Å². The third kappa shape index (κ3) is 7.14. The summed E-state index contributed by atoms with van der Waals surface area (Å²) in [7, 11) is 3.19. The third-order valence-corrected chi connectivity index (χ3v) is 10.2. The molecule has 258 valence electrons. The molecule has 3 aromatic heterocycles. The van der Waals surface area contributed by atoms with Crippen LogP contribution in [-0.4, -0.2) is 113 Å². The molecule has 14 heteroatoms. The molecule has 0 spiro atoms. The van der Waals surface area contributed by atoms with Gasteiger partial charge in [-0.3, -0.25) is 19.6 Å². The Kier molecular flexibility index (Phi) is 9.94. The van der Waals surface area contributed by atoms with E-state index in [2.05, 4.69) is 36.5 Å². The number of hydrogen-bond donors (Lipinski definition) is 2. The van der Waals surface area contributed by atoms with Gasteiger partial charge in [0.2, 0.25) is 5.91 Å². The van der Waals surface area contributed by atoms with Gasteiger partial charge in [-0.15, -0.1) is 11.3 Å². The molecule has 0 saturated carbocycles. The molecule has 1 saturated heterocycles. The molecular weight excluding hydrogens is 657 g/mol. The summed E-state index contributed by atoms with van der Waals surface area (Å²) >= 11 is 1.56. The molecule has 5 heterocycles. The molecule has 1 fully saturated rings. The number of hydrogen-bond acceptors (Lipinski definition) is 11. The van der Waals surface area contributed by atoms with Gasteiger partial charge in [-0.1, -0.05) is 6.08 Å². The van der Waals surface area contributed by atoms with E-state index < -0.39 is 5.60 Å². The van der Waals surface area contributed by atoms with Gasteiger partial charge < -0.3 is 24.4 Å². The van der Waals surface area contributed by atoms with Crippen LogP contribution in [0.15, 0.2) is 73.2 Å². The van der Waals surface area contributed by atoms with Crippen LogP contribution in [0.2, 0.25) is 0 Å². The smallest absolute Gasteiger partial charge is 0.258 e. The van der Waals surface area contributed by atoms with Crippen molar-refractivity contribution in [3.63, 3.8) is 0 Å². The predicted octanol–water partition coefficient (Wildman–Crippen LogP) is 4.51. The summed E-state index contributed by atoms with van der Waals surface area (Å²) in [5, 5.41) is 12.5. The summed E-state index contributed by atoms with van der Waals surface area (Å²) in [5.41, 5.74) is 3.22. The fourth-order valence-electron chi connectivity index (χ4n) is 6.28. The summed E-state index contributed by atoms with van der Waals surface area (Å²) < 4.78 is 16.6. The number of aromatic nitrogens is 5. The van der Waals surface area contributed by atoms with Gasteiger partial charge in [-0.25, -0.2) is 15.0 Å². The first-order valence-electron chi connectivity index (χ1n) is 16.4. The van der Waals surface area contributed by atoms with Crippen molar-refractivity contribution < 1.29 is 23.8 Å². The summed E-state index contributed by atoms with van der Waals surface area (Å²) in [6.07, 6.45) is 8.50. The highest BCUT2D eigenvalue weighted by molar-refractivity contribution is 7.16. The number of nitrogens with one attached hydrogen (secondary N) is 2. The van der Waals surface area contributed by atoms with Gasteiger partial charge in [0.1, 0.15) is 17.4 Å². The number of rotatable bonds is 12. The van der Waals surface area contributed by atoms with E-state index in [1.54, 1.807) is 50.2 Å². The summed E-state index contributed by atoms with van der Waals surface area (Å²) in [6, 6.07) is 15.1. The van der Waals surface area contributed by atoms with Crippen molar-refractivity contribution in [3.05, 3.63) is 78.2 Å². The number of amides is 2. The van der Waals surface area contributed by atoms with Crippen molar-refractivity contribution in [3.8, 4) is 27.7 Å². The molecule has 1 atom stereocenters. The molecule has 0 bridgehead atoms. The molecule has 1 unspecified atom stereocenters. The molecule has 2 N–H and O–H groups in total. The maximum Gasteiger partial charge on any atom is 0.258 e. The normalized spacial score (nSPS) is 18.0. The van der Waals surface area contributed by atoms with Gasteiger partial charge in [0.25, 0.3) is 5.91 Å². The predicted molar refractivity (Wildman–Crippen MR) is 191 cm³/mol. The van der Waals surface area contributed by atoms with Crippen LogP contribution in [-0.2, 0) is 19.1 Å². The van der Waals surface area contributed by atoms with E-state index in [1.165, 1.54) is 0 Å². The Labute approximate surface area is 293 Å². The van der Waals surface area contributed by atoms with E-state index in [0.717, 1.165) is 49.8 Å². The lowest BCUT2D eigenvalue weighted by Gasteiger charge is -2.29. The van der Waals surface area contributed by atoms with Gasteiger partial charge in [0.05, 0.1) is 29.2 Å². The van der Waals surface area contributed by atoms with Crippen molar-refractivity contribution in [2.45, 2.75) is 18.4 Å². The number of H-pyrrole nitrogens is 1. The Hall–Kier alpha value is -5.02. The molecule has 13 nitrogen and oxygen atoms in total. The van der Waals surface area contributed by atoms with E-state index in [-0.39, 0.29) is 18.4 Å². The SMILES string of the molecule is COCCOc1ccc(-c2n[nH]c3ccc(NC(=O)C4(OC)CCN(CC(=O)N5CC=C(c6ncc(-c7ncccn7)s6)CC5)C4)cc23)cc1. The first-order chi connectivity index (χ1) is 24.4. The van der Waals surface area contributed by atoms with Crippen LogP contribution in [0.5, 0.6) is 5.75 Å². The van der Waals surface area contributed by atoms with E-state index in [1.807, 2.05) is 52.3 Å². The molecule has 50 heavy (non-hydrogen) atoms. The number of fused-ring (bicyclic) bond motifs is 1. The van der Waals surface area contributed by atoms with Gasteiger partial charge in [0.15, 0.2) is 11.4 Å². The average molecular weight is 695 g/mol. The topological polar surface area (TPSA) is 148 Å². The minimum atomic E-state index is -1.08. The molecule has 5 aromatic rings. The fourth-order valence-corrected chi connectivity index (χ4v) is 7.21. The van der Waals surface area contributed by atoms with Crippen molar-refractivity contribution in [1.29, 1.82) is 0 Å². The number of benzene rings is 2. The number of thiazole rings is 1. The number of nitrogens with zero attached hydrogens (tertiary/aromatic N) is 6. The Morgan fingerprint density at radius 3 is 2.64 bits per heavy atom. The minimum absolute atomic E-state index is 0.0256. The van der Waals surface area contributed by atoms with Crippen molar-refractivity contribution in [1.82, 2.24) is 34.9 Å². The Bertz CT molecular complexity index is 2000. The second-order valence-corrected chi connectivity index (χ2v) is 13.3. The number of methoxy groups -OCH3 is 2. The van der Waals surface area contributed by atoms with Gasteiger partial charge in [-0.2, -0.15) is 5.10 Å². The molecule has 2 aliphatic heterocycles. The number of ether oxygens (including phenoxy) is 3. The zero-order valence-electron chi connectivity index (χ0n) is 27.9. The highest BCUT2D eigenvalue weighted by Crippen LogP contribution is 2.33. The van der Waals surface area contributed by atoms with Crippen LogP contribution < -0.4 is 10.1 Å². The number of aromatic amines is 1. The molecule has 0 aliphatic carbocycles.